The third-order valence-corrected chi connectivity index (χ3v) is 5.11. The molecule has 0 aromatic heterocycles. The summed E-state index contributed by atoms with van der Waals surface area (Å²) in [6.07, 6.45) is 0.571. The maximum absolute atomic E-state index is 11.9. The Morgan fingerprint density at radius 3 is 2.19 bits per heavy atom. The van der Waals surface area contributed by atoms with Gasteiger partial charge in [-0.15, -0.1) is 0 Å². The van der Waals surface area contributed by atoms with Gasteiger partial charge in [0.15, 0.2) is 13.2 Å². The Labute approximate surface area is 184 Å². The largest absolute Gasteiger partial charge is 0.484 e. The number of allylic oxidation sites excluding steroid dienone is 1. The number of aliphatic hydroxyl groups excluding tert-OH is 1. The molecular formula is C22H23ClN2O6. The number of nitrogens with one attached hydrogen (secondary N) is 2. The van der Waals surface area contributed by atoms with Crippen LogP contribution in [0.1, 0.15) is 23.6 Å². The Balaban J connectivity index is 1.43. The molecule has 3 rings (SSSR count). The molecule has 3 N–H and O–H groups in total. The maximum Gasteiger partial charge on any atom is 0.276 e. The lowest BCUT2D eigenvalue weighted by atomic mass is 10.0. The zero-order valence-corrected chi connectivity index (χ0v) is 18.1. The van der Waals surface area contributed by atoms with Crippen LogP contribution in [0.2, 0.25) is 5.02 Å². The summed E-state index contributed by atoms with van der Waals surface area (Å²) in [6, 6.07) is 8.51. The van der Waals surface area contributed by atoms with Crippen LogP contribution in [-0.2, 0) is 9.59 Å². The monoisotopic (exact) mass is 446 g/mol. The van der Waals surface area contributed by atoms with Crippen LogP contribution in [0.4, 0.5) is 0 Å². The van der Waals surface area contributed by atoms with Gasteiger partial charge >= 0.3 is 0 Å². The molecule has 1 atom stereocenters. The number of carbonyl (C=O) groups excluding carboxylic acids is 2. The lowest BCUT2D eigenvalue weighted by Crippen LogP contribution is -2.45. The molecule has 2 amide bonds. The molecule has 9 heteroatoms. The number of hydrogen-bond acceptors (Lipinski definition) is 6. The molecule has 1 aliphatic heterocycles. The van der Waals surface area contributed by atoms with Gasteiger partial charge in [-0.25, -0.2) is 0 Å². The summed E-state index contributed by atoms with van der Waals surface area (Å²) in [5, 5.41) is 10.3. The number of halogens is 1. The molecule has 0 saturated heterocycles. The SMILES string of the molecule is CC1=CC(O)Oc2cc(OCC(=O)NNC(=O)COc3cc(C)c(Cl)c(C)c3)ccc21. The molecule has 2 aromatic rings. The highest BCUT2D eigenvalue weighted by Gasteiger charge is 2.17. The first-order valence-corrected chi connectivity index (χ1v) is 9.88. The summed E-state index contributed by atoms with van der Waals surface area (Å²) in [7, 11) is 0. The first-order valence-electron chi connectivity index (χ1n) is 9.50. The van der Waals surface area contributed by atoms with E-state index in [9.17, 15) is 14.7 Å². The second-order valence-corrected chi connectivity index (χ2v) is 7.44. The van der Waals surface area contributed by atoms with Crippen LogP contribution in [-0.4, -0.2) is 36.4 Å². The fourth-order valence-corrected chi connectivity index (χ4v) is 3.09. The van der Waals surface area contributed by atoms with E-state index in [0.717, 1.165) is 22.3 Å². The van der Waals surface area contributed by atoms with Crippen LogP contribution in [0, 0.1) is 13.8 Å². The van der Waals surface area contributed by atoms with Gasteiger partial charge < -0.3 is 19.3 Å². The molecule has 0 aliphatic carbocycles. The van der Waals surface area contributed by atoms with Crippen molar-refractivity contribution in [3.05, 3.63) is 58.1 Å². The van der Waals surface area contributed by atoms with Gasteiger partial charge in [-0.05, 0) is 67.8 Å². The van der Waals surface area contributed by atoms with Crippen molar-refractivity contribution >= 4 is 29.0 Å². The third-order valence-electron chi connectivity index (χ3n) is 4.51. The summed E-state index contributed by atoms with van der Waals surface area (Å²) >= 11 is 6.10. The summed E-state index contributed by atoms with van der Waals surface area (Å²) in [5.41, 5.74) is 7.91. The van der Waals surface area contributed by atoms with E-state index < -0.39 is 18.1 Å². The number of carbonyl (C=O) groups is 2. The molecule has 1 unspecified atom stereocenters. The number of ether oxygens (including phenoxy) is 3. The van der Waals surface area contributed by atoms with Gasteiger partial charge in [0.25, 0.3) is 11.8 Å². The Bertz CT molecular complexity index is 1010. The molecule has 8 nitrogen and oxygen atoms in total. The smallest absolute Gasteiger partial charge is 0.276 e. The molecule has 0 radical (unpaired) electrons. The van der Waals surface area contributed by atoms with E-state index in [1.54, 1.807) is 36.4 Å². The minimum Gasteiger partial charge on any atom is -0.484 e. The molecular weight excluding hydrogens is 424 g/mol. The number of rotatable bonds is 6. The van der Waals surface area contributed by atoms with Crippen LogP contribution in [0.15, 0.2) is 36.4 Å². The Hall–Kier alpha value is -3.23. The molecule has 0 bridgehead atoms. The molecule has 0 fully saturated rings. The minimum atomic E-state index is -1.02. The second kappa shape index (κ2) is 9.72. The van der Waals surface area contributed by atoms with Crippen molar-refractivity contribution in [2.45, 2.75) is 27.1 Å². The van der Waals surface area contributed by atoms with Crippen molar-refractivity contribution in [1.29, 1.82) is 0 Å². The van der Waals surface area contributed by atoms with E-state index in [2.05, 4.69) is 10.9 Å². The Morgan fingerprint density at radius 1 is 1.00 bits per heavy atom. The first-order chi connectivity index (χ1) is 14.7. The Morgan fingerprint density at radius 2 is 1.58 bits per heavy atom. The molecule has 1 heterocycles. The molecule has 2 aromatic carbocycles. The zero-order chi connectivity index (χ0) is 22.5. The van der Waals surface area contributed by atoms with Crippen LogP contribution in [0.25, 0.3) is 5.57 Å². The fourth-order valence-electron chi connectivity index (χ4n) is 2.98. The lowest BCUT2D eigenvalue weighted by molar-refractivity contribution is -0.131. The second-order valence-electron chi connectivity index (χ2n) is 7.06. The predicted molar refractivity (Wildman–Crippen MR) is 115 cm³/mol. The van der Waals surface area contributed by atoms with Crippen LogP contribution in [0.5, 0.6) is 17.2 Å². The van der Waals surface area contributed by atoms with Gasteiger partial charge in [0.2, 0.25) is 6.29 Å². The average molecular weight is 447 g/mol. The van der Waals surface area contributed by atoms with Gasteiger partial charge in [0.05, 0.1) is 0 Å². The average Bonchev–Trinajstić information content (AvgIpc) is 2.72. The minimum absolute atomic E-state index is 0.279. The zero-order valence-electron chi connectivity index (χ0n) is 17.3. The van der Waals surface area contributed by atoms with Crippen molar-refractivity contribution in [2.24, 2.45) is 0 Å². The van der Waals surface area contributed by atoms with Gasteiger partial charge in [-0.2, -0.15) is 0 Å². The first kappa shape index (κ1) is 22.5. The predicted octanol–water partition coefficient (Wildman–Crippen LogP) is 2.68. The van der Waals surface area contributed by atoms with Crippen molar-refractivity contribution in [3.8, 4) is 17.2 Å². The normalized spacial score (nSPS) is 14.6. The number of benzene rings is 2. The number of aryl methyl sites for hydroxylation is 2. The quantitative estimate of drug-likeness (QED) is 0.589. The summed E-state index contributed by atoms with van der Waals surface area (Å²) < 4.78 is 16.2. The van der Waals surface area contributed by atoms with E-state index in [1.165, 1.54) is 0 Å². The molecule has 0 saturated carbocycles. The van der Waals surface area contributed by atoms with Gasteiger partial charge in [0, 0.05) is 16.7 Å². The van der Waals surface area contributed by atoms with Gasteiger partial charge in [-0.1, -0.05) is 11.6 Å². The van der Waals surface area contributed by atoms with E-state index in [1.807, 2.05) is 20.8 Å². The van der Waals surface area contributed by atoms with Crippen molar-refractivity contribution < 1.29 is 28.9 Å². The number of aliphatic hydroxyl groups is 1. The van der Waals surface area contributed by atoms with Crippen LogP contribution in [0.3, 0.4) is 0 Å². The standard InChI is InChI=1S/C22H23ClN2O6/c1-12-8-21(28)31-18-9-15(4-5-17(12)18)29-10-19(26)24-25-20(27)11-30-16-6-13(2)22(23)14(3)7-16/h4-9,21,28H,10-11H2,1-3H3,(H,24,26)(H,25,27). The van der Waals surface area contributed by atoms with E-state index in [0.29, 0.717) is 22.3 Å². The lowest BCUT2D eigenvalue weighted by Gasteiger charge is -2.21. The van der Waals surface area contributed by atoms with Crippen molar-refractivity contribution in [1.82, 2.24) is 10.9 Å². The fraction of sp³-hybridized carbons (Fsp3) is 0.273. The number of hydrogen-bond donors (Lipinski definition) is 3. The van der Waals surface area contributed by atoms with Gasteiger partial charge in [0.1, 0.15) is 17.2 Å². The highest BCUT2D eigenvalue weighted by molar-refractivity contribution is 6.32. The molecule has 1 aliphatic rings. The Kier molecular flexibility index (Phi) is 7.04. The van der Waals surface area contributed by atoms with E-state index >= 15 is 0 Å². The highest BCUT2D eigenvalue weighted by Crippen LogP contribution is 2.34. The molecule has 0 spiro atoms. The van der Waals surface area contributed by atoms with Crippen LogP contribution >= 0.6 is 11.6 Å². The summed E-state index contributed by atoms with van der Waals surface area (Å²) in [4.78, 5) is 23.8. The molecule has 164 valence electrons. The topological polar surface area (TPSA) is 106 Å². The van der Waals surface area contributed by atoms with E-state index in [4.69, 9.17) is 25.8 Å². The highest BCUT2D eigenvalue weighted by atomic mass is 35.5. The van der Waals surface area contributed by atoms with E-state index in [-0.39, 0.29) is 13.2 Å². The van der Waals surface area contributed by atoms with Crippen LogP contribution < -0.4 is 25.1 Å². The third kappa shape index (κ3) is 5.90. The number of amides is 2. The van der Waals surface area contributed by atoms with Crippen molar-refractivity contribution in [2.75, 3.05) is 13.2 Å². The molecule has 31 heavy (non-hydrogen) atoms. The number of fused-ring (bicyclic) bond motifs is 1. The summed E-state index contributed by atoms with van der Waals surface area (Å²) in [5.74, 6) is 0.273. The summed E-state index contributed by atoms with van der Waals surface area (Å²) in [6.45, 7) is 4.94. The van der Waals surface area contributed by atoms with Crippen molar-refractivity contribution in [3.63, 3.8) is 0 Å². The maximum atomic E-state index is 11.9. The number of hydrazine groups is 1. The van der Waals surface area contributed by atoms with Gasteiger partial charge in [-0.3, -0.25) is 20.4 Å².